The molecule has 160 valence electrons. The van der Waals surface area contributed by atoms with Crippen molar-refractivity contribution < 1.29 is 0 Å². The van der Waals surface area contributed by atoms with Crippen molar-refractivity contribution in [1.82, 2.24) is 24.6 Å². The number of fused-ring (bicyclic) bond motifs is 2. The van der Waals surface area contributed by atoms with Crippen molar-refractivity contribution >= 4 is 5.65 Å². The highest BCUT2D eigenvalue weighted by molar-refractivity contribution is 5.43. The van der Waals surface area contributed by atoms with E-state index in [9.17, 15) is 0 Å². The number of aryl methyl sites for hydroxylation is 2. The molecule has 1 aliphatic rings. The lowest BCUT2D eigenvalue weighted by atomic mass is 9.91. The molecule has 0 bridgehead atoms. The Morgan fingerprint density at radius 3 is 3.00 bits per heavy atom. The van der Waals surface area contributed by atoms with Gasteiger partial charge >= 0.3 is 0 Å². The first-order chi connectivity index (χ1) is 14.6. The molecule has 0 saturated heterocycles. The molecule has 3 aromatic heterocycles. The fourth-order valence-corrected chi connectivity index (χ4v) is 4.62. The third-order valence-electron chi connectivity index (χ3n) is 6.13. The van der Waals surface area contributed by atoms with Crippen molar-refractivity contribution in [2.75, 3.05) is 20.1 Å². The maximum Gasteiger partial charge on any atom is 0.137 e. The highest BCUT2D eigenvalue weighted by Gasteiger charge is 2.26. The minimum atomic E-state index is 0.375. The summed E-state index contributed by atoms with van der Waals surface area (Å²) in [6.45, 7) is 7.49. The van der Waals surface area contributed by atoms with Gasteiger partial charge in [-0.15, -0.1) is 0 Å². The van der Waals surface area contributed by atoms with Crippen LogP contribution in [-0.2, 0) is 19.4 Å². The number of imidazole rings is 1. The Morgan fingerprint density at radius 1 is 1.23 bits per heavy atom. The van der Waals surface area contributed by atoms with Gasteiger partial charge in [-0.05, 0) is 81.9 Å². The van der Waals surface area contributed by atoms with Gasteiger partial charge in [0.25, 0.3) is 0 Å². The molecule has 3 aromatic rings. The molecule has 30 heavy (non-hydrogen) atoms. The summed E-state index contributed by atoms with van der Waals surface area (Å²) in [5.74, 6) is 0.692. The number of pyridine rings is 2. The van der Waals surface area contributed by atoms with E-state index < -0.39 is 0 Å². The Balaban J connectivity index is 1.51. The Bertz CT molecular complexity index is 961. The third kappa shape index (κ3) is 4.73. The summed E-state index contributed by atoms with van der Waals surface area (Å²) in [5.41, 5.74) is 6.27. The number of nitrogens with zero attached hydrogens (tertiary/aromatic N) is 4. The van der Waals surface area contributed by atoms with Crippen LogP contribution in [0.15, 0.2) is 42.7 Å². The summed E-state index contributed by atoms with van der Waals surface area (Å²) >= 11 is 0. The zero-order chi connectivity index (χ0) is 20.9. The van der Waals surface area contributed by atoms with Gasteiger partial charge in [0.2, 0.25) is 0 Å². The zero-order valence-electron chi connectivity index (χ0n) is 18.6. The monoisotopic (exact) mass is 405 g/mol. The van der Waals surface area contributed by atoms with Crippen molar-refractivity contribution in [3.8, 4) is 0 Å². The van der Waals surface area contributed by atoms with E-state index in [1.807, 2.05) is 6.20 Å². The smallest absolute Gasteiger partial charge is 0.137 e. The van der Waals surface area contributed by atoms with Crippen LogP contribution in [0.4, 0.5) is 0 Å². The number of hydrogen-bond acceptors (Lipinski definition) is 4. The minimum absolute atomic E-state index is 0.375. The fraction of sp³-hybridized carbons (Fsp3) is 0.520. The summed E-state index contributed by atoms with van der Waals surface area (Å²) in [5, 5.41) is 3.57. The van der Waals surface area contributed by atoms with E-state index in [-0.39, 0.29) is 0 Å². The van der Waals surface area contributed by atoms with E-state index in [0.717, 1.165) is 44.5 Å². The molecule has 3 heterocycles. The molecule has 5 heteroatoms. The first-order valence-electron chi connectivity index (χ1n) is 11.4. The summed E-state index contributed by atoms with van der Waals surface area (Å²) < 4.78 is 2.28. The maximum atomic E-state index is 5.01. The van der Waals surface area contributed by atoms with Gasteiger partial charge < -0.3 is 9.72 Å². The van der Waals surface area contributed by atoms with Gasteiger partial charge in [0, 0.05) is 24.6 Å². The SMILES string of the molecule is CC(C)CNCCCc1c(CN(C)[C@H]2CCCc3cccnc32)nc2ccccn12. The molecule has 0 unspecified atom stereocenters. The average Bonchev–Trinajstić information content (AvgIpc) is 3.10. The van der Waals surface area contributed by atoms with Gasteiger partial charge in [0.1, 0.15) is 5.65 Å². The quantitative estimate of drug-likeness (QED) is 0.536. The molecule has 1 atom stereocenters. The molecule has 0 spiro atoms. The van der Waals surface area contributed by atoms with E-state index in [1.54, 1.807) is 0 Å². The normalized spacial score (nSPS) is 16.5. The van der Waals surface area contributed by atoms with E-state index in [4.69, 9.17) is 9.97 Å². The number of hydrogen-bond donors (Lipinski definition) is 1. The van der Waals surface area contributed by atoms with Crippen molar-refractivity contribution in [3.05, 3.63) is 65.4 Å². The van der Waals surface area contributed by atoms with Crippen molar-refractivity contribution in [2.45, 2.75) is 58.5 Å². The Hall–Kier alpha value is -2.24. The first-order valence-corrected chi connectivity index (χ1v) is 11.4. The summed E-state index contributed by atoms with van der Waals surface area (Å²) in [6.07, 6.45) is 9.80. The van der Waals surface area contributed by atoms with Crippen LogP contribution in [0.2, 0.25) is 0 Å². The second kappa shape index (κ2) is 9.71. The molecule has 0 saturated carbocycles. The molecule has 0 radical (unpaired) electrons. The van der Waals surface area contributed by atoms with Crippen LogP contribution in [0.1, 0.15) is 61.8 Å². The van der Waals surface area contributed by atoms with E-state index >= 15 is 0 Å². The lowest BCUT2D eigenvalue weighted by Gasteiger charge is -2.32. The van der Waals surface area contributed by atoms with Crippen molar-refractivity contribution in [3.63, 3.8) is 0 Å². The predicted octanol–water partition coefficient (Wildman–Crippen LogP) is 4.42. The highest BCUT2D eigenvalue weighted by Crippen LogP contribution is 2.33. The number of aromatic nitrogens is 3. The second-order valence-corrected chi connectivity index (χ2v) is 9.01. The van der Waals surface area contributed by atoms with Gasteiger partial charge in [-0.2, -0.15) is 0 Å². The Morgan fingerprint density at radius 2 is 2.13 bits per heavy atom. The Labute approximate surface area is 180 Å². The second-order valence-electron chi connectivity index (χ2n) is 9.01. The molecule has 5 nitrogen and oxygen atoms in total. The van der Waals surface area contributed by atoms with Gasteiger partial charge in [-0.3, -0.25) is 9.88 Å². The summed E-state index contributed by atoms with van der Waals surface area (Å²) in [7, 11) is 2.23. The minimum Gasteiger partial charge on any atom is -0.316 e. The molecular formula is C25H35N5. The molecule has 1 aliphatic carbocycles. The van der Waals surface area contributed by atoms with Crippen LogP contribution < -0.4 is 5.32 Å². The summed E-state index contributed by atoms with van der Waals surface area (Å²) in [6, 6.07) is 11.0. The van der Waals surface area contributed by atoms with Gasteiger partial charge in [0.05, 0.1) is 17.4 Å². The van der Waals surface area contributed by atoms with Gasteiger partial charge in [0.15, 0.2) is 0 Å². The standard InChI is InChI=1S/C25H35N5/c1-19(2)17-26-14-8-12-22-21(28-24-13-4-5-16-30(22)24)18-29(3)23-11-6-9-20-10-7-15-27-25(20)23/h4-5,7,10,13,15-16,19,23,26H,6,8-9,11-12,14,17-18H2,1-3H3/t23-/m0/s1. The van der Waals surface area contributed by atoms with Crippen LogP contribution >= 0.6 is 0 Å². The zero-order valence-corrected chi connectivity index (χ0v) is 18.6. The average molecular weight is 406 g/mol. The summed E-state index contributed by atoms with van der Waals surface area (Å²) in [4.78, 5) is 12.2. The molecular weight excluding hydrogens is 370 g/mol. The number of rotatable bonds is 9. The van der Waals surface area contributed by atoms with E-state index in [0.29, 0.717) is 12.0 Å². The van der Waals surface area contributed by atoms with Crippen LogP contribution in [0.5, 0.6) is 0 Å². The van der Waals surface area contributed by atoms with Gasteiger partial charge in [-0.1, -0.05) is 26.0 Å². The largest absolute Gasteiger partial charge is 0.316 e. The molecule has 0 aromatic carbocycles. The van der Waals surface area contributed by atoms with E-state index in [2.05, 4.69) is 72.0 Å². The lowest BCUT2D eigenvalue weighted by molar-refractivity contribution is 0.206. The van der Waals surface area contributed by atoms with Crippen LogP contribution in [0, 0.1) is 5.92 Å². The molecule has 0 amide bonds. The highest BCUT2D eigenvalue weighted by atomic mass is 15.2. The Kier molecular flexibility index (Phi) is 6.80. The topological polar surface area (TPSA) is 45.5 Å². The first kappa shape index (κ1) is 21.0. The van der Waals surface area contributed by atoms with Crippen LogP contribution in [0.3, 0.4) is 0 Å². The van der Waals surface area contributed by atoms with E-state index in [1.165, 1.54) is 35.5 Å². The maximum absolute atomic E-state index is 5.01. The molecule has 1 N–H and O–H groups in total. The van der Waals surface area contributed by atoms with Gasteiger partial charge in [-0.25, -0.2) is 4.98 Å². The predicted molar refractivity (Wildman–Crippen MR) is 123 cm³/mol. The molecule has 0 fully saturated rings. The molecule has 0 aliphatic heterocycles. The fourth-order valence-electron chi connectivity index (χ4n) is 4.62. The number of nitrogens with one attached hydrogen (secondary N) is 1. The molecule has 4 rings (SSSR count). The van der Waals surface area contributed by atoms with Crippen LogP contribution in [0.25, 0.3) is 5.65 Å². The van der Waals surface area contributed by atoms with Crippen LogP contribution in [-0.4, -0.2) is 39.4 Å². The van der Waals surface area contributed by atoms with Crippen molar-refractivity contribution in [2.24, 2.45) is 5.92 Å². The van der Waals surface area contributed by atoms with Crippen molar-refractivity contribution in [1.29, 1.82) is 0 Å². The lowest BCUT2D eigenvalue weighted by Crippen LogP contribution is -2.29. The third-order valence-corrected chi connectivity index (χ3v) is 6.13.